The molecule has 0 spiro atoms. The number of carbonyl (C=O) groups is 1. The molecule has 1 heterocycles. The molecule has 1 aromatic rings. The van der Waals surface area contributed by atoms with Gasteiger partial charge in [-0.05, 0) is 47.8 Å². The fourth-order valence-electron chi connectivity index (χ4n) is 2.41. The van der Waals surface area contributed by atoms with Gasteiger partial charge in [0.1, 0.15) is 0 Å². The minimum atomic E-state index is -3.60. The Labute approximate surface area is 133 Å². The Morgan fingerprint density at radius 3 is 2.81 bits per heavy atom. The maximum Gasteiger partial charge on any atom is 0.310 e. The first-order valence-corrected chi connectivity index (χ1v) is 9.11. The zero-order valence-electron chi connectivity index (χ0n) is 11.8. The fourth-order valence-corrected chi connectivity index (χ4v) is 4.89. The molecule has 21 heavy (non-hydrogen) atoms. The van der Waals surface area contributed by atoms with Crippen LogP contribution < -0.4 is 0 Å². The molecule has 0 amide bonds. The standard InChI is InChI=1S/C14H18BrNO4S/c1-2-20-14(17)11-6-5-9-16(10-11)21(18,19)13-8-4-3-7-12(13)15/h3-4,7-8,11H,2,5-6,9-10H2,1H3/t11-/m1/s1. The lowest BCUT2D eigenvalue weighted by Gasteiger charge is -2.30. The summed E-state index contributed by atoms with van der Waals surface area (Å²) < 4.78 is 32.3. The van der Waals surface area contributed by atoms with Gasteiger partial charge in [0.05, 0.1) is 17.4 Å². The van der Waals surface area contributed by atoms with Crippen molar-refractivity contribution < 1.29 is 17.9 Å². The van der Waals surface area contributed by atoms with Gasteiger partial charge >= 0.3 is 5.97 Å². The summed E-state index contributed by atoms with van der Waals surface area (Å²) in [6.45, 7) is 2.67. The molecule has 0 aromatic heterocycles. The molecule has 0 unspecified atom stereocenters. The van der Waals surface area contributed by atoms with Gasteiger partial charge in [-0.3, -0.25) is 4.79 Å². The van der Waals surface area contributed by atoms with Crippen LogP contribution in [0.4, 0.5) is 0 Å². The number of sulfonamides is 1. The molecule has 0 radical (unpaired) electrons. The van der Waals surface area contributed by atoms with Crippen molar-refractivity contribution in [2.75, 3.05) is 19.7 Å². The normalized spacial score (nSPS) is 20.2. The number of hydrogen-bond donors (Lipinski definition) is 0. The SMILES string of the molecule is CCOC(=O)[C@@H]1CCCN(S(=O)(=O)c2ccccc2Br)C1. The van der Waals surface area contributed by atoms with E-state index in [4.69, 9.17) is 4.74 Å². The second-order valence-corrected chi connectivity index (χ2v) is 7.65. The minimum absolute atomic E-state index is 0.183. The van der Waals surface area contributed by atoms with Gasteiger partial charge in [0.15, 0.2) is 0 Å². The van der Waals surface area contributed by atoms with Gasteiger partial charge in [0.2, 0.25) is 10.0 Å². The van der Waals surface area contributed by atoms with E-state index in [2.05, 4.69) is 15.9 Å². The molecular weight excluding hydrogens is 358 g/mol. The maximum atomic E-state index is 12.7. The second kappa shape index (κ2) is 6.89. The first-order chi connectivity index (χ1) is 9.96. The predicted molar refractivity (Wildman–Crippen MR) is 82.3 cm³/mol. The Bertz CT molecular complexity index is 617. The molecule has 5 nitrogen and oxygen atoms in total. The number of hydrogen-bond acceptors (Lipinski definition) is 4. The number of esters is 1. The van der Waals surface area contributed by atoms with Gasteiger partial charge in [-0.2, -0.15) is 4.31 Å². The second-order valence-electron chi connectivity index (χ2n) is 4.88. The lowest BCUT2D eigenvalue weighted by atomic mass is 10.0. The van der Waals surface area contributed by atoms with Gasteiger partial charge in [0, 0.05) is 17.6 Å². The van der Waals surface area contributed by atoms with Crippen molar-refractivity contribution in [3.63, 3.8) is 0 Å². The number of carbonyl (C=O) groups excluding carboxylic acids is 1. The van der Waals surface area contributed by atoms with E-state index >= 15 is 0 Å². The summed E-state index contributed by atoms with van der Waals surface area (Å²) >= 11 is 3.27. The van der Waals surface area contributed by atoms with Crippen LogP contribution >= 0.6 is 15.9 Å². The van der Waals surface area contributed by atoms with Crippen LogP contribution in [0.5, 0.6) is 0 Å². The van der Waals surface area contributed by atoms with Crippen LogP contribution in [0.25, 0.3) is 0 Å². The van der Waals surface area contributed by atoms with Gasteiger partial charge in [0.25, 0.3) is 0 Å². The summed E-state index contributed by atoms with van der Waals surface area (Å²) in [4.78, 5) is 12.1. The Morgan fingerprint density at radius 2 is 2.14 bits per heavy atom. The summed E-state index contributed by atoms with van der Waals surface area (Å²) in [7, 11) is -3.60. The van der Waals surface area contributed by atoms with E-state index in [1.807, 2.05) is 0 Å². The Morgan fingerprint density at radius 1 is 1.43 bits per heavy atom. The van der Waals surface area contributed by atoms with Crippen LogP contribution in [-0.4, -0.2) is 38.4 Å². The molecule has 0 aliphatic carbocycles. The first kappa shape index (κ1) is 16.5. The van der Waals surface area contributed by atoms with Crippen molar-refractivity contribution in [1.82, 2.24) is 4.31 Å². The van der Waals surface area contributed by atoms with Crippen molar-refractivity contribution in [3.05, 3.63) is 28.7 Å². The Kier molecular flexibility index (Phi) is 5.40. The summed E-state index contributed by atoms with van der Waals surface area (Å²) in [5, 5.41) is 0. The molecule has 1 atom stereocenters. The quantitative estimate of drug-likeness (QED) is 0.758. The van der Waals surface area contributed by atoms with E-state index in [1.165, 1.54) is 4.31 Å². The van der Waals surface area contributed by atoms with Gasteiger partial charge < -0.3 is 4.74 Å². The van der Waals surface area contributed by atoms with Crippen LogP contribution in [-0.2, 0) is 19.6 Å². The van der Waals surface area contributed by atoms with E-state index in [0.29, 0.717) is 30.5 Å². The molecule has 1 aliphatic heterocycles. The first-order valence-electron chi connectivity index (χ1n) is 6.88. The molecule has 0 saturated carbocycles. The maximum absolute atomic E-state index is 12.7. The zero-order valence-corrected chi connectivity index (χ0v) is 14.2. The number of rotatable bonds is 4. The molecule has 0 N–H and O–H groups in total. The third-order valence-electron chi connectivity index (χ3n) is 3.46. The third-order valence-corrected chi connectivity index (χ3v) is 6.34. The van der Waals surface area contributed by atoms with Gasteiger partial charge in [-0.1, -0.05) is 12.1 Å². The lowest BCUT2D eigenvalue weighted by Crippen LogP contribution is -2.42. The number of benzene rings is 1. The van der Waals surface area contributed by atoms with Crippen molar-refractivity contribution in [2.24, 2.45) is 5.92 Å². The molecule has 116 valence electrons. The van der Waals surface area contributed by atoms with Crippen LogP contribution in [0, 0.1) is 5.92 Å². The van der Waals surface area contributed by atoms with Gasteiger partial charge in [-0.25, -0.2) is 8.42 Å². The van der Waals surface area contributed by atoms with E-state index in [1.54, 1.807) is 31.2 Å². The smallest absolute Gasteiger partial charge is 0.310 e. The van der Waals surface area contributed by atoms with Crippen LogP contribution in [0.2, 0.25) is 0 Å². The average molecular weight is 376 g/mol. The van der Waals surface area contributed by atoms with Crippen molar-refractivity contribution >= 4 is 31.9 Å². The lowest BCUT2D eigenvalue weighted by molar-refractivity contribution is -0.149. The number of piperidine rings is 1. The predicted octanol–water partition coefficient (Wildman–Crippen LogP) is 2.41. The molecule has 2 rings (SSSR count). The largest absolute Gasteiger partial charge is 0.466 e. The highest BCUT2D eigenvalue weighted by Crippen LogP contribution is 2.28. The molecular formula is C14H18BrNO4S. The highest BCUT2D eigenvalue weighted by atomic mass is 79.9. The van der Waals surface area contributed by atoms with E-state index in [9.17, 15) is 13.2 Å². The molecule has 1 aromatic carbocycles. The zero-order chi connectivity index (χ0) is 15.5. The van der Waals surface area contributed by atoms with Gasteiger partial charge in [-0.15, -0.1) is 0 Å². The molecule has 1 saturated heterocycles. The summed E-state index contributed by atoms with van der Waals surface area (Å²) in [6, 6.07) is 6.71. The summed E-state index contributed by atoms with van der Waals surface area (Å²) in [5.74, 6) is -0.694. The van der Waals surface area contributed by atoms with Crippen LogP contribution in [0.1, 0.15) is 19.8 Å². The van der Waals surface area contributed by atoms with Crippen molar-refractivity contribution in [2.45, 2.75) is 24.7 Å². The number of halogens is 1. The van der Waals surface area contributed by atoms with Crippen LogP contribution in [0.3, 0.4) is 0 Å². The van der Waals surface area contributed by atoms with E-state index < -0.39 is 10.0 Å². The minimum Gasteiger partial charge on any atom is -0.466 e. The fraction of sp³-hybridized carbons (Fsp3) is 0.500. The molecule has 7 heteroatoms. The Balaban J connectivity index is 2.21. The number of nitrogens with zero attached hydrogens (tertiary/aromatic N) is 1. The summed E-state index contributed by atoms with van der Waals surface area (Å²) in [5.41, 5.74) is 0. The highest BCUT2D eigenvalue weighted by Gasteiger charge is 2.34. The summed E-state index contributed by atoms with van der Waals surface area (Å²) in [6.07, 6.45) is 1.33. The van der Waals surface area contributed by atoms with E-state index in [0.717, 1.165) is 0 Å². The average Bonchev–Trinajstić information content (AvgIpc) is 2.48. The third kappa shape index (κ3) is 3.64. The van der Waals surface area contributed by atoms with Crippen molar-refractivity contribution in [3.8, 4) is 0 Å². The number of ether oxygens (including phenoxy) is 1. The van der Waals surface area contributed by atoms with Crippen molar-refractivity contribution in [1.29, 1.82) is 0 Å². The Hall–Kier alpha value is -0.920. The van der Waals surface area contributed by atoms with E-state index in [-0.39, 0.29) is 23.3 Å². The monoisotopic (exact) mass is 375 g/mol. The molecule has 0 bridgehead atoms. The van der Waals surface area contributed by atoms with Crippen LogP contribution in [0.15, 0.2) is 33.6 Å². The topological polar surface area (TPSA) is 63.7 Å². The molecule has 1 fully saturated rings. The highest BCUT2D eigenvalue weighted by molar-refractivity contribution is 9.10. The molecule has 1 aliphatic rings.